The fourth-order valence-electron chi connectivity index (χ4n) is 5.11. The van der Waals surface area contributed by atoms with Gasteiger partial charge in [0.05, 0.1) is 30.4 Å². The van der Waals surface area contributed by atoms with E-state index >= 15 is 0 Å². The molecule has 178 valence electrons. The van der Waals surface area contributed by atoms with Crippen LogP contribution >= 0.6 is 0 Å². The number of rotatable bonds is 6. The highest BCUT2D eigenvalue weighted by molar-refractivity contribution is 5.94. The summed E-state index contributed by atoms with van der Waals surface area (Å²) in [6, 6.07) is 8.42. The SMILES string of the molecule is COCC(C)(C)c1c([C@@H]2CC[C@@H](C(=O)O)OC2)c2nc3[nH]ncc3cc2n1-c1ccc(F)cc1. The van der Waals surface area contributed by atoms with Crippen molar-refractivity contribution in [3.63, 3.8) is 0 Å². The first-order valence-electron chi connectivity index (χ1n) is 11.3. The number of carbonyl (C=O) groups is 1. The Morgan fingerprint density at radius 3 is 2.74 bits per heavy atom. The van der Waals surface area contributed by atoms with Crippen molar-refractivity contribution in [2.24, 2.45) is 0 Å². The lowest BCUT2D eigenvalue weighted by atomic mass is 9.81. The first kappa shape index (κ1) is 22.5. The number of ether oxygens (including phenoxy) is 2. The molecule has 0 radical (unpaired) electrons. The van der Waals surface area contributed by atoms with Gasteiger partial charge in [-0.1, -0.05) is 13.8 Å². The van der Waals surface area contributed by atoms with Gasteiger partial charge in [-0.15, -0.1) is 0 Å². The highest BCUT2D eigenvalue weighted by atomic mass is 19.1. The molecule has 2 N–H and O–H groups in total. The number of aliphatic carboxylic acids is 1. The molecule has 0 spiro atoms. The quantitative estimate of drug-likeness (QED) is 0.439. The van der Waals surface area contributed by atoms with Crippen LogP contribution in [-0.2, 0) is 19.7 Å². The van der Waals surface area contributed by atoms with Crippen molar-refractivity contribution in [1.29, 1.82) is 0 Å². The van der Waals surface area contributed by atoms with Crippen molar-refractivity contribution in [2.75, 3.05) is 20.3 Å². The fourth-order valence-corrected chi connectivity index (χ4v) is 5.11. The van der Waals surface area contributed by atoms with E-state index in [1.54, 1.807) is 25.4 Å². The lowest BCUT2D eigenvalue weighted by molar-refractivity contribution is -0.153. The minimum absolute atomic E-state index is 0.0567. The first-order valence-corrected chi connectivity index (χ1v) is 11.3. The van der Waals surface area contributed by atoms with Gasteiger partial charge in [-0.25, -0.2) is 14.2 Å². The van der Waals surface area contributed by atoms with E-state index in [2.05, 4.69) is 28.6 Å². The number of aromatic amines is 1. The summed E-state index contributed by atoms with van der Waals surface area (Å²) >= 11 is 0. The number of halogens is 1. The van der Waals surface area contributed by atoms with Crippen LogP contribution in [0.4, 0.5) is 4.39 Å². The molecule has 8 nitrogen and oxygen atoms in total. The summed E-state index contributed by atoms with van der Waals surface area (Å²) in [5.41, 5.74) is 4.70. The number of aromatic nitrogens is 4. The summed E-state index contributed by atoms with van der Waals surface area (Å²) in [4.78, 5) is 16.4. The summed E-state index contributed by atoms with van der Waals surface area (Å²) in [7, 11) is 1.67. The molecule has 1 aromatic carbocycles. The number of methoxy groups -OCH3 is 1. The van der Waals surface area contributed by atoms with E-state index in [1.807, 2.05) is 6.07 Å². The Balaban J connectivity index is 1.81. The molecule has 9 heteroatoms. The smallest absolute Gasteiger partial charge is 0.332 e. The van der Waals surface area contributed by atoms with Gasteiger partial charge in [0.15, 0.2) is 11.8 Å². The topological polar surface area (TPSA) is 102 Å². The highest BCUT2D eigenvalue weighted by Crippen LogP contribution is 2.43. The molecular formula is C25H27FN4O4. The summed E-state index contributed by atoms with van der Waals surface area (Å²) in [6.07, 6.45) is 1.99. The number of carboxylic acid groups (broad SMARTS) is 1. The second-order valence-electron chi connectivity index (χ2n) is 9.49. The molecule has 4 aromatic rings. The number of fused-ring (bicyclic) bond motifs is 2. The highest BCUT2D eigenvalue weighted by Gasteiger charge is 2.37. The van der Waals surface area contributed by atoms with E-state index in [-0.39, 0.29) is 18.3 Å². The Morgan fingerprint density at radius 2 is 2.09 bits per heavy atom. The third-order valence-electron chi connectivity index (χ3n) is 6.57. The number of benzene rings is 1. The molecule has 1 aliphatic rings. The minimum atomic E-state index is -0.940. The molecule has 0 amide bonds. The largest absolute Gasteiger partial charge is 0.479 e. The van der Waals surface area contributed by atoms with Gasteiger partial charge in [-0.05, 0) is 43.2 Å². The Kier molecular flexibility index (Phi) is 5.61. The molecule has 2 atom stereocenters. The molecule has 34 heavy (non-hydrogen) atoms. The third kappa shape index (κ3) is 3.74. The van der Waals surface area contributed by atoms with Crippen molar-refractivity contribution >= 4 is 28.0 Å². The Morgan fingerprint density at radius 1 is 1.32 bits per heavy atom. The lowest BCUT2D eigenvalue weighted by Gasteiger charge is -2.32. The molecule has 1 saturated heterocycles. The van der Waals surface area contributed by atoms with Crippen molar-refractivity contribution in [2.45, 2.75) is 44.1 Å². The fraction of sp³-hybridized carbons (Fsp3) is 0.400. The van der Waals surface area contributed by atoms with E-state index in [9.17, 15) is 14.3 Å². The zero-order valence-electron chi connectivity index (χ0n) is 19.3. The van der Waals surface area contributed by atoms with Crippen molar-refractivity contribution in [3.8, 4) is 5.69 Å². The van der Waals surface area contributed by atoms with E-state index < -0.39 is 17.5 Å². The zero-order chi connectivity index (χ0) is 24.0. The maximum atomic E-state index is 13.8. The Bertz CT molecular complexity index is 1350. The molecule has 1 aliphatic heterocycles. The number of nitrogens with one attached hydrogen (secondary N) is 1. The summed E-state index contributed by atoms with van der Waals surface area (Å²) < 4.78 is 27.3. The van der Waals surface area contributed by atoms with Crippen LogP contribution in [0.2, 0.25) is 0 Å². The average Bonchev–Trinajstić information content (AvgIpc) is 3.40. The van der Waals surface area contributed by atoms with Crippen LogP contribution < -0.4 is 0 Å². The molecule has 4 heterocycles. The minimum Gasteiger partial charge on any atom is -0.479 e. The van der Waals surface area contributed by atoms with Gasteiger partial charge in [0.1, 0.15) is 5.82 Å². The number of nitrogens with zero attached hydrogens (tertiary/aromatic N) is 3. The number of hydrogen-bond acceptors (Lipinski definition) is 5. The second kappa shape index (κ2) is 8.48. The maximum Gasteiger partial charge on any atom is 0.332 e. The maximum absolute atomic E-state index is 13.8. The van der Waals surface area contributed by atoms with Gasteiger partial charge in [-0.3, -0.25) is 5.10 Å². The van der Waals surface area contributed by atoms with Crippen LogP contribution in [0.5, 0.6) is 0 Å². The van der Waals surface area contributed by atoms with Gasteiger partial charge in [0, 0.05) is 40.8 Å². The van der Waals surface area contributed by atoms with Crippen LogP contribution in [0.3, 0.4) is 0 Å². The molecule has 0 aliphatic carbocycles. The van der Waals surface area contributed by atoms with E-state index in [4.69, 9.17) is 14.5 Å². The zero-order valence-corrected chi connectivity index (χ0v) is 19.3. The standard InChI is InChI=1S/C25H27FN4O4/c1-25(2,13-33-3)22-20(14-4-9-19(24(31)32)34-12-14)21-18(10-15-11-27-29-23(15)28-21)30(22)17-7-5-16(26)6-8-17/h5-8,10-11,14,19H,4,9,12-13H2,1-3H3,(H,31,32)(H,27,28,29)/t14-,19+/m1/s1. The molecular weight excluding hydrogens is 439 g/mol. The van der Waals surface area contributed by atoms with Gasteiger partial charge in [-0.2, -0.15) is 5.10 Å². The summed E-state index contributed by atoms with van der Waals surface area (Å²) in [5.74, 6) is -1.31. The van der Waals surface area contributed by atoms with Crippen molar-refractivity contribution in [3.05, 3.63) is 53.6 Å². The average molecular weight is 467 g/mol. The van der Waals surface area contributed by atoms with E-state index in [0.29, 0.717) is 25.1 Å². The molecule has 3 aromatic heterocycles. The van der Waals surface area contributed by atoms with Crippen LogP contribution in [0, 0.1) is 5.82 Å². The number of carboxylic acids is 1. The van der Waals surface area contributed by atoms with Crippen molar-refractivity contribution in [1.82, 2.24) is 19.7 Å². The second-order valence-corrected chi connectivity index (χ2v) is 9.49. The predicted molar refractivity (Wildman–Crippen MR) is 125 cm³/mol. The monoisotopic (exact) mass is 466 g/mol. The number of H-pyrrole nitrogens is 1. The molecule has 0 saturated carbocycles. The molecule has 5 rings (SSSR count). The first-order chi connectivity index (χ1) is 16.3. The third-order valence-corrected chi connectivity index (χ3v) is 6.57. The Hall–Kier alpha value is -3.30. The molecule has 1 fully saturated rings. The van der Waals surface area contributed by atoms with Gasteiger partial charge < -0.3 is 19.1 Å². The van der Waals surface area contributed by atoms with E-state index in [0.717, 1.165) is 33.4 Å². The summed E-state index contributed by atoms with van der Waals surface area (Å²) in [6.45, 7) is 4.93. The normalized spacial score (nSPS) is 19.2. The van der Waals surface area contributed by atoms with Crippen molar-refractivity contribution < 1.29 is 23.8 Å². The molecule has 0 bridgehead atoms. The van der Waals surface area contributed by atoms with Crippen LogP contribution in [-0.4, -0.2) is 57.3 Å². The number of pyridine rings is 1. The van der Waals surface area contributed by atoms with Crippen LogP contribution in [0.1, 0.15) is 43.9 Å². The van der Waals surface area contributed by atoms with E-state index in [1.165, 1.54) is 12.1 Å². The number of hydrogen-bond donors (Lipinski definition) is 2. The van der Waals surface area contributed by atoms with Gasteiger partial charge in [0.25, 0.3) is 0 Å². The summed E-state index contributed by atoms with van der Waals surface area (Å²) in [5, 5.41) is 17.3. The van der Waals surface area contributed by atoms with Gasteiger partial charge >= 0.3 is 5.97 Å². The predicted octanol–water partition coefficient (Wildman–Crippen LogP) is 4.31. The van der Waals surface area contributed by atoms with Crippen LogP contribution in [0.25, 0.3) is 27.8 Å². The van der Waals surface area contributed by atoms with Crippen LogP contribution in [0.15, 0.2) is 36.5 Å². The molecule has 0 unspecified atom stereocenters. The lowest BCUT2D eigenvalue weighted by Crippen LogP contribution is -2.33. The Labute approximate surface area is 195 Å². The van der Waals surface area contributed by atoms with Gasteiger partial charge in [0.2, 0.25) is 0 Å².